The van der Waals surface area contributed by atoms with E-state index in [9.17, 15) is 9.59 Å². The van der Waals surface area contributed by atoms with Crippen LogP contribution in [0.2, 0.25) is 0 Å². The van der Waals surface area contributed by atoms with Gasteiger partial charge >= 0.3 is 5.97 Å². The average molecular weight is 355 g/mol. The molecule has 0 saturated heterocycles. The number of nitrogens with one attached hydrogen (secondary N) is 1. The molecule has 2 N–H and O–H groups in total. The minimum absolute atomic E-state index is 0.0117. The number of rotatable bonds is 9. The Bertz CT molecular complexity index is 730. The lowest BCUT2D eigenvalue weighted by atomic mass is 9.85. The molecule has 0 aliphatic heterocycles. The summed E-state index contributed by atoms with van der Waals surface area (Å²) in [6.07, 6.45) is 0.908. The monoisotopic (exact) mass is 355 g/mol. The van der Waals surface area contributed by atoms with E-state index in [1.165, 1.54) is 0 Å². The fourth-order valence-corrected chi connectivity index (χ4v) is 2.82. The van der Waals surface area contributed by atoms with E-state index < -0.39 is 5.97 Å². The molecule has 0 aliphatic carbocycles. The van der Waals surface area contributed by atoms with Gasteiger partial charge in [-0.25, -0.2) is 4.79 Å². The van der Waals surface area contributed by atoms with Gasteiger partial charge in [-0.05, 0) is 29.2 Å². The number of amides is 1. The molecule has 1 amide bonds. The van der Waals surface area contributed by atoms with Crippen LogP contribution in [0.4, 0.5) is 0 Å². The van der Waals surface area contributed by atoms with Crippen molar-refractivity contribution in [2.75, 3.05) is 6.61 Å². The van der Waals surface area contributed by atoms with Crippen molar-refractivity contribution in [1.29, 1.82) is 0 Å². The zero-order valence-corrected chi connectivity index (χ0v) is 15.1. The second-order valence-corrected chi connectivity index (χ2v) is 6.32. The third-order valence-electron chi connectivity index (χ3n) is 4.38. The van der Waals surface area contributed by atoms with Gasteiger partial charge in [0, 0.05) is 6.54 Å². The minimum Gasteiger partial charge on any atom is -0.482 e. The molecule has 0 aliphatic rings. The van der Waals surface area contributed by atoms with Gasteiger partial charge in [-0.3, -0.25) is 4.79 Å². The number of ether oxygens (including phenoxy) is 1. The molecule has 5 nitrogen and oxygen atoms in total. The average Bonchev–Trinajstić information content (AvgIpc) is 2.66. The van der Waals surface area contributed by atoms with Gasteiger partial charge in [0.25, 0.3) is 0 Å². The van der Waals surface area contributed by atoms with E-state index >= 15 is 0 Å². The van der Waals surface area contributed by atoms with E-state index in [0.29, 0.717) is 12.3 Å². The SMILES string of the molecule is CCC(C)C(C(=O)NCc1cccc(OCC(=O)O)c1)c1ccccc1. The molecule has 2 aromatic rings. The lowest BCUT2D eigenvalue weighted by Gasteiger charge is -2.23. The Labute approximate surface area is 154 Å². The first-order valence-corrected chi connectivity index (χ1v) is 8.77. The number of carboxylic acid groups (broad SMARTS) is 1. The summed E-state index contributed by atoms with van der Waals surface area (Å²) in [7, 11) is 0. The summed E-state index contributed by atoms with van der Waals surface area (Å²) in [4.78, 5) is 23.4. The molecular weight excluding hydrogens is 330 g/mol. The van der Waals surface area contributed by atoms with Crippen LogP contribution in [0.15, 0.2) is 54.6 Å². The molecule has 26 heavy (non-hydrogen) atoms. The summed E-state index contributed by atoms with van der Waals surface area (Å²) in [5, 5.41) is 11.7. The first-order chi connectivity index (χ1) is 12.5. The molecule has 0 saturated carbocycles. The first kappa shape index (κ1) is 19.5. The molecule has 0 bridgehead atoms. The van der Waals surface area contributed by atoms with Crippen LogP contribution >= 0.6 is 0 Å². The van der Waals surface area contributed by atoms with Crippen LogP contribution in [0, 0.1) is 5.92 Å². The van der Waals surface area contributed by atoms with Crippen molar-refractivity contribution in [2.45, 2.75) is 32.7 Å². The van der Waals surface area contributed by atoms with Gasteiger partial charge in [0.15, 0.2) is 6.61 Å². The van der Waals surface area contributed by atoms with Gasteiger partial charge in [-0.15, -0.1) is 0 Å². The molecule has 0 radical (unpaired) electrons. The summed E-state index contributed by atoms with van der Waals surface area (Å²) in [5.74, 6) is -0.540. The highest BCUT2D eigenvalue weighted by molar-refractivity contribution is 5.84. The molecule has 5 heteroatoms. The quantitative estimate of drug-likeness (QED) is 0.721. The van der Waals surface area contributed by atoms with Crippen molar-refractivity contribution in [1.82, 2.24) is 5.32 Å². The predicted octanol–water partition coefficient (Wildman–Crippen LogP) is 3.60. The number of benzene rings is 2. The van der Waals surface area contributed by atoms with Crippen molar-refractivity contribution >= 4 is 11.9 Å². The molecule has 2 atom stereocenters. The van der Waals surface area contributed by atoms with E-state index in [4.69, 9.17) is 9.84 Å². The largest absolute Gasteiger partial charge is 0.482 e. The maximum atomic E-state index is 12.8. The summed E-state index contributed by atoms with van der Waals surface area (Å²) >= 11 is 0. The van der Waals surface area contributed by atoms with E-state index in [2.05, 4.69) is 19.2 Å². The molecular formula is C21H25NO4. The Balaban J connectivity index is 2.03. The minimum atomic E-state index is -1.03. The zero-order valence-electron chi connectivity index (χ0n) is 15.1. The smallest absolute Gasteiger partial charge is 0.341 e. The normalized spacial score (nSPS) is 12.8. The fourth-order valence-electron chi connectivity index (χ4n) is 2.82. The topological polar surface area (TPSA) is 75.6 Å². The highest BCUT2D eigenvalue weighted by Gasteiger charge is 2.25. The Morgan fingerprint density at radius 3 is 2.50 bits per heavy atom. The predicted molar refractivity (Wildman–Crippen MR) is 100 cm³/mol. The lowest BCUT2D eigenvalue weighted by molar-refractivity contribution is -0.139. The lowest BCUT2D eigenvalue weighted by Crippen LogP contribution is -2.32. The Morgan fingerprint density at radius 2 is 1.85 bits per heavy atom. The maximum Gasteiger partial charge on any atom is 0.341 e. The number of hydrogen-bond acceptors (Lipinski definition) is 3. The molecule has 2 aromatic carbocycles. The highest BCUT2D eigenvalue weighted by Crippen LogP contribution is 2.27. The van der Waals surface area contributed by atoms with Crippen LogP contribution in [-0.4, -0.2) is 23.6 Å². The van der Waals surface area contributed by atoms with Crippen LogP contribution < -0.4 is 10.1 Å². The van der Waals surface area contributed by atoms with Gasteiger partial charge in [0.05, 0.1) is 5.92 Å². The molecule has 0 heterocycles. The van der Waals surface area contributed by atoms with Gasteiger partial charge in [0.2, 0.25) is 5.91 Å². The van der Waals surface area contributed by atoms with Crippen molar-refractivity contribution in [3.05, 3.63) is 65.7 Å². The second kappa shape index (κ2) is 9.61. The molecule has 2 unspecified atom stereocenters. The van der Waals surface area contributed by atoms with Crippen LogP contribution in [0.1, 0.15) is 37.3 Å². The van der Waals surface area contributed by atoms with Gasteiger partial charge in [-0.2, -0.15) is 0 Å². The molecule has 2 rings (SSSR count). The molecule has 0 fully saturated rings. The number of hydrogen-bond donors (Lipinski definition) is 2. The summed E-state index contributed by atoms with van der Waals surface area (Å²) in [6.45, 7) is 4.14. The van der Waals surface area contributed by atoms with Gasteiger partial charge < -0.3 is 15.2 Å². The van der Waals surface area contributed by atoms with Crippen LogP contribution in [-0.2, 0) is 16.1 Å². The summed E-state index contributed by atoms with van der Waals surface area (Å²) < 4.78 is 5.18. The second-order valence-electron chi connectivity index (χ2n) is 6.32. The van der Waals surface area contributed by atoms with Crippen LogP contribution in [0.25, 0.3) is 0 Å². The van der Waals surface area contributed by atoms with Crippen LogP contribution in [0.3, 0.4) is 0 Å². The van der Waals surface area contributed by atoms with Gasteiger partial charge in [-0.1, -0.05) is 62.7 Å². The third-order valence-corrected chi connectivity index (χ3v) is 4.38. The third kappa shape index (κ3) is 5.62. The number of carbonyl (C=O) groups excluding carboxylic acids is 1. The van der Waals surface area contributed by atoms with Crippen LogP contribution in [0.5, 0.6) is 5.75 Å². The van der Waals surface area contributed by atoms with Crippen molar-refractivity contribution in [3.8, 4) is 5.75 Å². The van der Waals surface area contributed by atoms with Gasteiger partial charge in [0.1, 0.15) is 5.75 Å². The first-order valence-electron chi connectivity index (χ1n) is 8.77. The van der Waals surface area contributed by atoms with E-state index in [-0.39, 0.29) is 24.3 Å². The fraction of sp³-hybridized carbons (Fsp3) is 0.333. The maximum absolute atomic E-state index is 12.8. The number of aliphatic carboxylic acids is 1. The Morgan fingerprint density at radius 1 is 1.12 bits per heavy atom. The summed E-state index contributed by atoms with van der Waals surface area (Å²) in [6, 6.07) is 16.9. The molecule has 0 spiro atoms. The number of carboxylic acids is 1. The van der Waals surface area contributed by atoms with E-state index in [1.807, 2.05) is 36.4 Å². The van der Waals surface area contributed by atoms with Crippen molar-refractivity contribution < 1.29 is 19.4 Å². The van der Waals surface area contributed by atoms with E-state index in [0.717, 1.165) is 17.5 Å². The van der Waals surface area contributed by atoms with Crippen molar-refractivity contribution in [3.63, 3.8) is 0 Å². The van der Waals surface area contributed by atoms with E-state index in [1.54, 1.807) is 18.2 Å². The molecule has 138 valence electrons. The standard InChI is InChI=1S/C21H25NO4/c1-3-15(2)20(17-9-5-4-6-10-17)21(25)22-13-16-8-7-11-18(12-16)26-14-19(23)24/h4-12,15,20H,3,13-14H2,1-2H3,(H,22,25)(H,23,24). The zero-order chi connectivity index (χ0) is 18.9. The number of carbonyl (C=O) groups is 2. The molecule has 0 aromatic heterocycles. The summed E-state index contributed by atoms with van der Waals surface area (Å²) in [5.41, 5.74) is 1.87. The Hall–Kier alpha value is -2.82. The van der Waals surface area contributed by atoms with Crippen molar-refractivity contribution in [2.24, 2.45) is 5.92 Å². The highest BCUT2D eigenvalue weighted by atomic mass is 16.5. The Kier molecular flexibility index (Phi) is 7.21.